The summed E-state index contributed by atoms with van der Waals surface area (Å²) >= 11 is 0. The van der Waals surface area contributed by atoms with Crippen molar-refractivity contribution >= 4 is 16.7 Å². The lowest BCUT2D eigenvalue weighted by atomic mass is 9.77. The van der Waals surface area contributed by atoms with Gasteiger partial charge in [0.2, 0.25) is 0 Å². The highest BCUT2D eigenvalue weighted by Gasteiger charge is 2.26. The van der Waals surface area contributed by atoms with E-state index in [4.69, 9.17) is 9.40 Å². The van der Waals surface area contributed by atoms with Gasteiger partial charge in [-0.2, -0.15) is 0 Å². The van der Waals surface area contributed by atoms with Crippen LogP contribution in [0, 0.1) is 5.41 Å². The molecule has 0 unspecified atom stereocenters. The van der Waals surface area contributed by atoms with Crippen molar-refractivity contribution in [1.82, 2.24) is 4.98 Å². The van der Waals surface area contributed by atoms with E-state index in [1.54, 1.807) is 0 Å². The molecule has 1 aliphatic rings. The minimum absolute atomic E-state index is 0.0327. The fraction of sp³-hybridized carbons (Fsp3) is 0.591. The summed E-state index contributed by atoms with van der Waals surface area (Å²) < 4.78 is 5.82. The first kappa shape index (κ1) is 19.7. The van der Waals surface area contributed by atoms with Crippen LogP contribution in [-0.4, -0.2) is 10.1 Å². The highest BCUT2D eigenvalue weighted by molar-refractivity contribution is 5.81. The van der Waals surface area contributed by atoms with Crippen molar-refractivity contribution in [2.45, 2.75) is 79.8 Å². The lowest BCUT2D eigenvalue weighted by Gasteiger charge is -2.29. The Kier molecular flexibility index (Phi) is 5.78. The zero-order chi connectivity index (χ0) is 18.8. The van der Waals surface area contributed by atoms with E-state index >= 15 is 0 Å². The van der Waals surface area contributed by atoms with Crippen LogP contribution in [0.15, 0.2) is 22.6 Å². The van der Waals surface area contributed by atoms with Crippen molar-refractivity contribution in [3.05, 3.63) is 35.2 Å². The molecule has 3 rings (SSSR count). The average Bonchev–Trinajstić information content (AvgIpc) is 2.98. The first-order valence-corrected chi connectivity index (χ1v) is 9.44. The Morgan fingerprint density at radius 3 is 2.40 bits per heavy atom. The first-order chi connectivity index (χ1) is 11.7. The van der Waals surface area contributed by atoms with Crippen LogP contribution in [0.5, 0.6) is 0 Å². The van der Waals surface area contributed by atoms with Gasteiger partial charge in [-0.15, -0.1) is 0 Å². The smallest absolute Gasteiger partial charge is 0.156 e. The summed E-state index contributed by atoms with van der Waals surface area (Å²) in [6.07, 6.45) is 5.70. The van der Waals surface area contributed by atoms with Crippen molar-refractivity contribution < 1.29 is 9.52 Å². The zero-order valence-corrected chi connectivity index (χ0v) is 16.9. The third kappa shape index (κ3) is 4.33. The van der Waals surface area contributed by atoms with Gasteiger partial charge in [-0.1, -0.05) is 54.5 Å². The number of rotatable bonds is 2. The maximum atomic E-state index is 9.38. The number of nitrogens with zero attached hydrogens (tertiary/aromatic N) is 1. The lowest BCUT2D eigenvalue weighted by molar-refractivity contribution is 0.250. The van der Waals surface area contributed by atoms with Gasteiger partial charge in [0.25, 0.3) is 0 Å². The van der Waals surface area contributed by atoms with E-state index in [-0.39, 0.29) is 12.0 Å². The van der Waals surface area contributed by atoms with Gasteiger partial charge in [0.1, 0.15) is 17.9 Å². The van der Waals surface area contributed by atoms with Gasteiger partial charge in [0.15, 0.2) is 5.58 Å². The van der Waals surface area contributed by atoms with E-state index in [2.05, 4.69) is 46.8 Å². The quantitative estimate of drug-likeness (QED) is 0.702. The van der Waals surface area contributed by atoms with E-state index in [1.165, 1.54) is 12.0 Å². The molecule has 0 fully saturated rings. The van der Waals surface area contributed by atoms with E-state index in [9.17, 15) is 5.11 Å². The molecular formula is C22H33NO2. The van der Waals surface area contributed by atoms with Crippen LogP contribution >= 0.6 is 0 Å². The minimum Gasteiger partial charge on any atom is -0.457 e. The molecule has 138 valence electrons. The third-order valence-electron chi connectivity index (χ3n) is 4.80. The number of aromatic nitrogens is 1. The van der Waals surface area contributed by atoms with Crippen molar-refractivity contribution in [2.75, 3.05) is 0 Å². The monoisotopic (exact) mass is 343 g/mol. The summed E-state index contributed by atoms with van der Waals surface area (Å²) in [4.78, 5) is 4.82. The maximum Gasteiger partial charge on any atom is 0.156 e. The molecule has 3 nitrogen and oxygen atoms in total. The molecular weight excluding hydrogens is 310 g/mol. The number of furan rings is 1. The fourth-order valence-electron chi connectivity index (χ4n) is 3.18. The third-order valence-corrected chi connectivity index (χ3v) is 4.80. The molecule has 25 heavy (non-hydrogen) atoms. The zero-order valence-electron chi connectivity index (χ0n) is 16.9. The molecule has 1 N–H and O–H groups in total. The van der Waals surface area contributed by atoms with Gasteiger partial charge >= 0.3 is 0 Å². The number of hydrogen-bond donors (Lipinski definition) is 1. The average molecular weight is 344 g/mol. The summed E-state index contributed by atoms with van der Waals surface area (Å²) in [6, 6.07) is 4.04. The van der Waals surface area contributed by atoms with Crippen LogP contribution in [0.2, 0.25) is 0 Å². The molecule has 0 aliphatic heterocycles. The van der Waals surface area contributed by atoms with Crippen molar-refractivity contribution in [3.8, 4) is 0 Å². The first-order valence-electron chi connectivity index (χ1n) is 9.44. The maximum absolute atomic E-state index is 9.38. The number of hydrogen-bond acceptors (Lipinski definition) is 3. The van der Waals surface area contributed by atoms with Crippen LogP contribution in [0.3, 0.4) is 0 Å². The van der Waals surface area contributed by atoms with Crippen LogP contribution in [-0.2, 0) is 12.0 Å². The minimum atomic E-state index is -0.0911. The number of allylic oxidation sites excluding steroid dienone is 2. The predicted molar refractivity (Wildman–Crippen MR) is 106 cm³/mol. The Morgan fingerprint density at radius 1 is 1.20 bits per heavy atom. The Hall–Kier alpha value is -1.61. The number of fused-ring (bicyclic) bond motifs is 1. The van der Waals surface area contributed by atoms with Crippen LogP contribution < -0.4 is 0 Å². The fourth-order valence-corrected chi connectivity index (χ4v) is 3.18. The Balaban J connectivity index is 0.00000109. The van der Waals surface area contributed by atoms with Crippen molar-refractivity contribution in [1.29, 1.82) is 0 Å². The number of aliphatic hydroxyl groups is 1. The van der Waals surface area contributed by atoms with Crippen LogP contribution in [0.25, 0.3) is 16.7 Å². The highest BCUT2D eigenvalue weighted by atomic mass is 16.4. The molecule has 1 aliphatic carbocycles. The number of pyridine rings is 1. The number of aliphatic hydroxyl groups excluding tert-OH is 1. The molecule has 2 heterocycles. The summed E-state index contributed by atoms with van der Waals surface area (Å²) in [7, 11) is 0. The van der Waals surface area contributed by atoms with Crippen molar-refractivity contribution in [2.24, 2.45) is 5.41 Å². The molecule has 3 heteroatoms. The Morgan fingerprint density at radius 2 is 1.88 bits per heavy atom. The van der Waals surface area contributed by atoms with Gasteiger partial charge in [0, 0.05) is 11.6 Å². The standard InChI is InChI=1S/C20H27NO2.C2H6/c1-19(2,3)15-11-16(13-6-8-20(4,5)9-7-13)21-17-10-14(12-22)23-18(15)17;1-2/h6,10-11,22H,7-9,12H2,1-5H3;1-2H3. The summed E-state index contributed by atoms with van der Waals surface area (Å²) in [5.74, 6) is 0.578. The second-order valence-corrected chi connectivity index (χ2v) is 8.49. The highest BCUT2D eigenvalue weighted by Crippen LogP contribution is 2.39. The summed E-state index contributed by atoms with van der Waals surface area (Å²) in [5, 5.41) is 9.38. The van der Waals surface area contributed by atoms with Crippen molar-refractivity contribution in [3.63, 3.8) is 0 Å². The van der Waals surface area contributed by atoms with Gasteiger partial charge in [-0.05, 0) is 41.7 Å². The van der Waals surface area contributed by atoms with Gasteiger partial charge in [-0.3, -0.25) is 0 Å². The topological polar surface area (TPSA) is 46.3 Å². The van der Waals surface area contributed by atoms with E-state index in [1.807, 2.05) is 19.9 Å². The normalized spacial score (nSPS) is 17.0. The van der Waals surface area contributed by atoms with E-state index in [0.29, 0.717) is 11.2 Å². The second kappa shape index (κ2) is 7.33. The molecule has 0 saturated carbocycles. The molecule has 2 aromatic rings. The second-order valence-electron chi connectivity index (χ2n) is 8.49. The molecule has 2 aromatic heterocycles. The molecule has 0 atom stereocenters. The lowest BCUT2D eigenvalue weighted by Crippen LogP contribution is -2.16. The van der Waals surface area contributed by atoms with Gasteiger partial charge in [-0.25, -0.2) is 4.98 Å². The molecule has 0 bridgehead atoms. The van der Waals surface area contributed by atoms with Crippen LogP contribution in [0.4, 0.5) is 0 Å². The molecule has 0 aromatic carbocycles. The molecule has 0 amide bonds. The summed E-state index contributed by atoms with van der Waals surface area (Å²) in [5.41, 5.74) is 5.56. The Bertz CT molecular complexity index is 760. The molecule has 0 radical (unpaired) electrons. The van der Waals surface area contributed by atoms with E-state index < -0.39 is 0 Å². The Labute approximate surface area is 152 Å². The summed E-state index contributed by atoms with van der Waals surface area (Å²) in [6.45, 7) is 15.1. The predicted octanol–water partition coefficient (Wildman–Crippen LogP) is 6.24. The van der Waals surface area contributed by atoms with Crippen LogP contribution in [0.1, 0.15) is 84.7 Å². The molecule has 0 saturated heterocycles. The van der Waals surface area contributed by atoms with Gasteiger partial charge in [0.05, 0.1) is 5.69 Å². The van der Waals surface area contributed by atoms with Gasteiger partial charge < -0.3 is 9.52 Å². The largest absolute Gasteiger partial charge is 0.457 e. The molecule has 0 spiro atoms. The van der Waals surface area contributed by atoms with E-state index in [0.717, 1.165) is 35.2 Å². The SMILES string of the molecule is CC.CC1(C)CC=C(c2cc(C(C)(C)C)c3oc(CO)cc3n2)CC1.